The van der Waals surface area contributed by atoms with E-state index in [1.807, 2.05) is 27.7 Å². The van der Waals surface area contributed by atoms with Gasteiger partial charge in [-0.05, 0) is 148 Å². The number of ether oxygens (including phenoxy) is 5. The summed E-state index contributed by atoms with van der Waals surface area (Å²) in [7, 11) is -2.06. The van der Waals surface area contributed by atoms with Crippen LogP contribution in [-0.4, -0.2) is 87.4 Å². The number of nitrogens with zero attached hydrogens (tertiary/aromatic N) is 1. The predicted molar refractivity (Wildman–Crippen MR) is 225 cm³/mol. The Bertz CT molecular complexity index is 1550. The lowest BCUT2D eigenvalue weighted by Crippen LogP contribution is -2.61. The van der Waals surface area contributed by atoms with Gasteiger partial charge in [-0.2, -0.15) is 0 Å². The fourth-order valence-electron chi connectivity index (χ4n) is 15.2. The van der Waals surface area contributed by atoms with Crippen LogP contribution >= 0.6 is 0 Å². The molecule has 0 N–H and O–H groups in total. The highest BCUT2D eigenvalue weighted by molar-refractivity contribution is 6.73. The Balaban J connectivity index is 1.18. The van der Waals surface area contributed by atoms with Crippen molar-refractivity contribution in [2.75, 3.05) is 19.7 Å². The molecular weight excluding hydrogens is 735 g/mol. The van der Waals surface area contributed by atoms with Crippen LogP contribution in [0.4, 0.5) is 4.79 Å². The van der Waals surface area contributed by atoms with Crippen molar-refractivity contribution < 1.29 is 37.7 Å². The lowest BCUT2D eigenvalue weighted by Gasteiger charge is -2.64. The number of fused-ring (bicyclic) bond motifs is 4. The fourth-order valence-corrected chi connectivity index (χ4v) is 18.1. The van der Waals surface area contributed by atoms with E-state index in [-0.39, 0.29) is 52.7 Å². The standard InChI is InChI=1S/C47H79NO8Si/c1-15-57(16-2,17-3)56-40-39-37(30(6)26-32(53-39)38(29(4)5)52-31(7)49)44(13)22-23-47-28-46(47)21-20-35(43(11,12)33(46)18-19-34(47)45(40,44)14)54-36-27-48(24-25-51-36)41(50)55-42(8,9)10/h30,32-40H,4,15-28H2,1-3,5-14H3/t30-,32-,33+,34+,35+,36+,37+,38-,39+,40+,44-,45-,46?,47+/m1/s1. The molecule has 57 heavy (non-hydrogen) atoms. The molecule has 5 saturated carbocycles. The highest BCUT2D eigenvalue weighted by Crippen LogP contribution is 2.89. The lowest BCUT2D eigenvalue weighted by atomic mass is 9.41. The van der Waals surface area contributed by atoms with Crippen molar-refractivity contribution in [3.05, 3.63) is 12.2 Å². The van der Waals surface area contributed by atoms with Crippen molar-refractivity contribution in [2.45, 2.75) is 202 Å². The maximum Gasteiger partial charge on any atom is 0.410 e. The molecule has 10 heteroatoms. The van der Waals surface area contributed by atoms with Crippen LogP contribution < -0.4 is 0 Å². The van der Waals surface area contributed by atoms with Crippen LogP contribution in [-0.2, 0) is 32.9 Å². The van der Waals surface area contributed by atoms with Crippen molar-refractivity contribution in [1.82, 2.24) is 4.90 Å². The van der Waals surface area contributed by atoms with Gasteiger partial charge in [-0.1, -0.05) is 62.0 Å². The van der Waals surface area contributed by atoms with Gasteiger partial charge in [0.1, 0.15) is 11.7 Å². The van der Waals surface area contributed by atoms with Gasteiger partial charge in [-0.3, -0.25) is 4.79 Å². The second-order valence-electron chi connectivity index (χ2n) is 22.1. The van der Waals surface area contributed by atoms with Gasteiger partial charge < -0.3 is 33.0 Å². The first kappa shape index (κ1) is 43.6. The number of rotatable bonds is 10. The maximum absolute atomic E-state index is 13.0. The molecular formula is C47H79NO8Si. The first-order valence-corrected chi connectivity index (χ1v) is 25.5. The molecule has 5 aliphatic carbocycles. The summed E-state index contributed by atoms with van der Waals surface area (Å²) in [6, 6.07) is 3.33. The van der Waals surface area contributed by atoms with Crippen LogP contribution in [0.25, 0.3) is 0 Å². The van der Waals surface area contributed by atoms with Gasteiger partial charge in [0.05, 0.1) is 37.6 Å². The van der Waals surface area contributed by atoms with Gasteiger partial charge >= 0.3 is 12.1 Å². The first-order chi connectivity index (χ1) is 26.6. The van der Waals surface area contributed by atoms with Gasteiger partial charge in [0.15, 0.2) is 14.6 Å². The Hall–Kier alpha value is -1.46. The van der Waals surface area contributed by atoms with Crippen molar-refractivity contribution in [3.63, 3.8) is 0 Å². The van der Waals surface area contributed by atoms with Crippen molar-refractivity contribution in [1.29, 1.82) is 0 Å². The quantitative estimate of drug-likeness (QED) is 0.122. The third kappa shape index (κ3) is 6.73. The highest BCUT2D eigenvalue weighted by Gasteiger charge is 2.85. The number of carbonyl (C=O) groups excluding carboxylic acids is 2. The molecule has 7 rings (SSSR count). The van der Waals surface area contributed by atoms with Crippen LogP contribution in [0.5, 0.6) is 0 Å². The molecule has 0 bridgehead atoms. The van der Waals surface area contributed by atoms with E-state index in [0.29, 0.717) is 54.2 Å². The van der Waals surface area contributed by atoms with Gasteiger partial charge in [0.25, 0.3) is 0 Å². The molecule has 9 nitrogen and oxygen atoms in total. The Morgan fingerprint density at radius 2 is 1.60 bits per heavy atom. The van der Waals surface area contributed by atoms with Crippen molar-refractivity contribution >= 4 is 20.4 Å². The molecule has 2 saturated heterocycles. The summed E-state index contributed by atoms with van der Waals surface area (Å²) >= 11 is 0. The molecule has 7 fully saturated rings. The molecule has 7 aliphatic rings. The number of amides is 1. The van der Waals surface area contributed by atoms with E-state index in [1.54, 1.807) is 4.90 Å². The lowest BCUT2D eigenvalue weighted by molar-refractivity contribution is -0.246. The SMILES string of the molecule is C=C(C)[C@@H](OC(C)=O)[C@H]1C[C@@H](C)[C@H]2[C@H](O1)[C@H](O[Si](CC)(CC)CC)[C@@]1(C)[C@@H]3CC[C@H]4C(C)(C)[C@@H](O[C@H]5CN(C(=O)OC(C)(C)C)CCO5)CCC45C[C@@]35CC[C@]21C. The zero-order valence-corrected chi connectivity index (χ0v) is 39.1. The fraction of sp³-hybridized carbons (Fsp3) is 0.915. The van der Waals surface area contributed by atoms with E-state index in [1.165, 1.54) is 45.4 Å². The van der Waals surface area contributed by atoms with E-state index in [0.717, 1.165) is 36.5 Å². The molecule has 2 spiro atoms. The van der Waals surface area contributed by atoms with Crippen LogP contribution in [0.15, 0.2) is 12.2 Å². The van der Waals surface area contributed by atoms with Gasteiger partial charge in [0.2, 0.25) is 0 Å². The van der Waals surface area contributed by atoms with Gasteiger partial charge in [-0.15, -0.1) is 0 Å². The molecule has 0 radical (unpaired) electrons. The summed E-state index contributed by atoms with van der Waals surface area (Å²) in [6.45, 7) is 34.6. The number of esters is 1. The van der Waals surface area contributed by atoms with Crippen LogP contribution in [0.2, 0.25) is 18.1 Å². The van der Waals surface area contributed by atoms with E-state index in [2.05, 4.69) is 62.0 Å². The summed E-state index contributed by atoms with van der Waals surface area (Å²) in [5, 5.41) is 0. The zero-order chi connectivity index (χ0) is 41.7. The van der Waals surface area contributed by atoms with Gasteiger partial charge in [0, 0.05) is 18.9 Å². The minimum atomic E-state index is -2.06. The van der Waals surface area contributed by atoms with Crippen LogP contribution in [0.3, 0.4) is 0 Å². The number of morpholine rings is 1. The Morgan fingerprint density at radius 3 is 2.21 bits per heavy atom. The monoisotopic (exact) mass is 814 g/mol. The van der Waals surface area contributed by atoms with Crippen molar-refractivity contribution in [3.8, 4) is 0 Å². The highest BCUT2D eigenvalue weighted by atomic mass is 28.4. The summed E-state index contributed by atoms with van der Waals surface area (Å²) in [6.07, 6.45) is 7.89. The van der Waals surface area contributed by atoms with Gasteiger partial charge in [-0.25, -0.2) is 4.79 Å². The summed E-state index contributed by atoms with van der Waals surface area (Å²) in [5.74, 6) is 1.63. The van der Waals surface area contributed by atoms with Crippen LogP contribution in [0.1, 0.15) is 141 Å². The molecule has 1 amide bonds. The summed E-state index contributed by atoms with van der Waals surface area (Å²) in [5.41, 5.74) is 0.908. The minimum absolute atomic E-state index is 0.00722. The molecule has 14 atom stereocenters. The average molecular weight is 814 g/mol. The second kappa shape index (κ2) is 14.9. The second-order valence-corrected chi connectivity index (χ2v) is 26.8. The zero-order valence-electron chi connectivity index (χ0n) is 38.1. The molecule has 2 heterocycles. The molecule has 324 valence electrons. The molecule has 1 unspecified atom stereocenters. The topological polar surface area (TPSA) is 92.8 Å². The molecule has 2 aliphatic heterocycles. The third-order valence-corrected chi connectivity index (χ3v) is 22.8. The summed E-state index contributed by atoms with van der Waals surface area (Å²) < 4.78 is 40.1. The Kier molecular flexibility index (Phi) is 11.4. The average Bonchev–Trinajstić information content (AvgIpc) is 3.76. The van der Waals surface area contributed by atoms with Crippen molar-refractivity contribution in [2.24, 2.45) is 50.7 Å². The molecule has 0 aromatic carbocycles. The van der Waals surface area contributed by atoms with E-state index in [9.17, 15) is 9.59 Å². The summed E-state index contributed by atoms with van der Waals surface area (Å²) in [4.78, 5) is 27.1. The third-order valence-electron chi connectivity index (χ3n) is 18.2. The predicted octanol–water partition coefficient (Wildman–Crippen LogP) is 10.3. The first-order valence-electron chi connectivity index (χ1n) is 23.0. The van der Waals surface area contributed by atoms with E-state index >= 15 is 0 Å². The normalized spacial score (nSPS) is 44.0. The smallest absolute Gasteiger partial charge is 0.410 e. The maximum atomic E-state index is 13.0. The number of carbonyl (C=O) groups is 2. The number of hydrogen-bond acceptors (Lipinski definition) is 8. The minimum Gasteiger partial charge on any atom is -0.455 e. The number of hydrogen-bond donors (Lipinski definition) is 0. The van der Waals surface area contributed by atoms with E-state index in [4.69, 9.17) is 28.1 Å². The van der Waals surface area contributed by atoms with Crippen LogP contribution in [0, 0.1) is 50.7 Å². The van der Waals surface area contributed by atoms with E-state index < -0.39 is 26.3 Å². The molecule has 0 aromatic rings. The molecule has 0 aromatic heterocycles. The Labute approximate surface area is 346 Å². The largest absolute Gasteiger partial charge is 0.455 e. The Morgan fingerprint density at radius 1 is 0.947 bits per heavy atom.